The number of pyridine rings is 1. The summed E-state index contributed by atoms with van der Waals surface area (Å²) in [6.45, 7) is -0.00973. The number of aliphatic hydroxyl groups excluding tert-OH is 1. The molecule has 208 valence electrons. The molecule has 3 N–H and O–H groups in total. The first-order valence-corrected chi connectivity index (χ1v) is 14.5. The van der Waals surface area contributed by atoms with Crippen molar-refractivity contribution in [2.75, 3.05) is 58.4 Å². The van der Waals surface area contributed by atoms with Gasteiger partial charge in [-0.3, -0.25) is 9.52 Å². The van der Waals surface area contributed by atoms with Crippen LogP contribution in [-0.2, 0) is 10.0 Å². The number of carbonyl (C=O) groups is 1. The molecule has 0 bridgehead atoms. The number of alkyl halides is 2. The molecule has 1 amide bonds. The molecule has 0 unspecified atom stereocenters. The number of rotatable bonds is 8. The number of aliphatic hydroxyl groups is 1. The molecule has 2 aromatic heterocycles. The maximum absolute atomic E-state index is 13.6. The molecule has 1 aliphatic carbocycles. The highest BCUT2D eigenvalue weighted by Crippen LogP contribution is 2.54. The summed E-state index contributed by atoms with van der Waals surface area (Å²) in [4.78, 5) is 21.5. The number of piperidine rings is 1. The lowest BCUT2D eigenvalue weighted by atomic mass is 9.93. The van der Waals surface area contributed by atoms with Crippen molar-refractivity contribution < 1.29 is 31.5 Å². The van der Waals surface area contributed by atoms with Crippen molar-refractivity contribution in [2.24, 2.45) is 5.41 Å². The molecule has 4 heterocycles. The van der Waals surface area contributed by atoms with Crippen molar-refractivity contribution in [3.8, 4) is 0 Å². The largest absolute Gasteiger partial charge is 0.460 e. The van der Waals surface area contributed by atoms with Crippen LogP contribution >= 0.6 is 0 Å². The number of nitrogens with one attached hydrogen (secondary N) is 2. The normalized spacial score (nSPS) is 19.7. The van der Waals surface area contributed by atoms with Crippen LogP contribution in [0.3, 0.4) is 0 Å². The molecule has 1 spiro atoms. The van der Waals surface area contributed by atoms with Gasteiger partial charge in [-0.15, -0.1) is 0 Å². The molecule has 1 saturated carbocycles. The number of carbonyl (C=O) groups excluding carboxylic acids is 1. The minimum absolute atomic E-state index is 0.188. The number of sulfonamides is 1. The zero-order valence-electron chi connectivity index (χ0n) is 21.1. The molecule has 1 aromatic carbocycles. The van der Waals surface area contributed by atoms with E-state index in [0.29, 0.717) is 33.3 Å². The fourth-order valence-electron chi connectivity index (χ4n) is 5.38. The highest BCUT2D eigenvalue weighted by molar-refractivity contribution is 7.92. The lowest BCUT2D eigenvalue weighted by Gasteiger charge is -2.39. The van der Waals surface area contributed by atoms with Gasteiger partial charge in [0, 0.05) is 18.5 Å². The van der Waals surface area contributed by atoms with E-state index in [0.717, 1.165) is 25.9 Å². The van der Waals surface area contributed by atoms with Gasteiger partial charge in [-0.05, 0) is 61.4 Å². The maximum Gasteiger partial charge on any atom is 0.282 e. The van der Waals surface area contributed by atoms with Crippen LogP contribution in [0.1, 0.15) is 36.0 Å². The van der Waals surface area contributed by atoms with Gasteiger partial charge in [-0.25, -0.2) is 22.2 Å². The lowest BCUT2D eigenvalue weighted by molar-refractivity contribution is -0.0266. The Morgan fingerprint density at radius 1 is 1.08 bits per heavy atom. The average molecular weight is 562 g/mol. The topological polar surface area (TPSA) is 128 Å². The summed E-state index contributed by atoms with van der Waals surface area (Å²) < 4.78 is 59.5. The molecular weight excluding hydrogens is 532 g/mol. The quantitative estimate of drug-likeness (QED) is 0.380. The van der Waals surface area contributed by atoms with Crippen molar-refractivity contribution in [3.63, 3.8) is 0 Å². The highest BCUT2D eigenvalue weighted by Gasteiger charge is 2.46. The van der Waals surface area contributed by atoms with Crippen molar-refractivity contribution in [2.45, 2.75) is 31.6 Å². The fraction of sp³-hybridized carbons (Fsp3) is 0.462. The predicted octanol–water partition coefficient (Wildman–Crippen LogP) is 3.65. The van der Waals surface area contributed by atoms with E-state index in [1.54, 1.807) is 24.3 Å². The molecule has 10 nitrogen and oxygen atoms in total. The van der Waals surface area contributed by atoms with E-state index in [9.17, 15) is 22.0 Å². The number of hydrogen-bond acceptors (Lipinski definition) is 8. The Balaban J connectivity index is 1.29. The third-order valence-corrected chi connectivity index (χ3v) is 9.07. The Hall–Kier alpha value is -3.45. The van der Waals surface area contributed by atoms with Crippen LogP contribution in [0, 0.1) is 5.41 Å². The van der Waals surface area contributed by atoms with E-state index in [1.807, 2.05) is 0 Å². The molecule has 39 heavy (non-hydrogen) atoms. The van der Waals surface area contributed by atoms with E-state index in [1.165, 1.54) is 30.1 Å². The van der Waals surface area contributed by atoms with Gasteiger partial charge in [0.25, 0.3) is 11.8 Å². The van der Waals surface area contributed by atoms with Gasteiger partial charge in [0.2, 0.25) is 10.0 Å². The Kier molecular flexibility index (Phi) is 6.18. The second-order valence-corrected chi connectivity index (χ2v) is 12.5. The second-order valence-electron chi connectivity index (χ2n) is 10.7. The van der Waals surface area contributed by atoms with Gasteiger partial charge < -0.3 is 24.6 Å². The minimum atomic E-state index is -3.75. The van der Waals surface area contributed by atoms with E-state index in [4.69, 9.17) is 9.52 Å². The van der Waals surface area contributed by atoms with Crippen molar-refractivity contribution in [1.29, 1.82) is 0 Å². The summed E-state index contributed by atoms with van der Waals surface area (Å²) in [6, 6.07) is 7.98. The Labute approximate surface area is 224 Å². The first-order valence-electron chi connectivity index (χ1n) is 12.9. The highest BCUT2D eigenvalue weighted by atomic mass is 32.2. The third kappa shape index (κ3) is 5.24. The SMILES string of the molecule is O=C(Nc1cc2ccoc2c(N2CC(F)(F)C2)n1)c1ccc(NS(=O)(=O)CCO)cc1N1CCC2(CC1)CC2. The molecule has 3 aliphatic rings. The van der Waals surface area contributed by atoms with Gasteiger partial charge in [0.1, 0.15) is 5.82 Å². The lowest BCUT2D eigenvalue weighted by Crippen LogP contribution is -2.56. The Morgan fingerprint density at radius 2 is 1.82 bits per heavy atom. The summed E-state index contributed by atoms with van der Waals surface area (Å²) in [7, 11) is -3.75. The summed E-state index contributed by atoms with van der Waals surface area (Å²) in [6.07, 6.45) is 5.86. The molecular formula is C26H29F2N5O5S. The maximum atomic E-state index is 13.6. The Bertz CT molecular complexity index is 1520. The van der Waals surface area contributed by atoms with Crippen molar-refractivity contribution in [1.82, 2.24) is 4.98 Å². The van der Waals surface area contributed by atoms with Gasteiger partial charge in [0.05, 0.1) is 48.7 Å². The predicted molar refractivity (Wildman–Crippen MR) is 143 cm³/mol. The molecule has 6 rings (SSSR count). The van der Waals surface area contributed by atoms with E-state index < -0.39 is 47.3 Å². The number of benzene rings is 1. The molecule has 3 aromatic rings. The number of amides is 1. The number of furan rings is 1. The number of hydrogen-bond donors (Lipinski definition) is 3. The second kappa shape index (κ2) is 9.33. The first kappa shape index (κ1) is 25.8. The zero-order chi connectivity index (χ0) is 27.4. The Morgan fingerprint density at radius 3 is 2.49 bits per heavy atom. The molecule has 13 heteroatoms. The standard InChI is InChI=1S/C26H29F2N5O5S/c27-26(28)15-33(16-26)23-22-17(3-11-38-22)13-21(29-23)30-24(35)19-2-1-18(31-39(36,37)12-10-34)14-20(19)32-8-6-25(4-5-25)7-9-32/h1-3,11,13-14,31,34H,4-10,12,15-16H2,(H,29,30,35). The van der Waals surface area contributed by atoms with Crippen LogP contribution < -0.4 is 19.8 Å². The zero-order valence-corrected chi connectivity index (χ0v) is 21.9. The molecule has 0 atom stereocenters. The molecule has 2 saturated heterocycles. The van der Waals surface area contributed by atoms with Crippen molar-refractivity contribution >= 4 is 49.9 Å². The van der Waals surface area contributed by atoms with Crippen LogP contribution in [0.4, 0.5) is 31.8 Å². The first-order chi connectivity index (χ1) is 18.6. The van der Waals surface area contributed by atoms with Gasteiger partial charge >= 0.3 is 0 Å². The van der Waals surface area contributed by atoms with Crippen LogP contribution in [0.2, 0.25) is 0 Å². The summed E-state index contributed by atoms with van der Waals surface area (Å²) in [5.74, 6) is -3.28. The van der Waals surface area contributed by atoms with Gasteiger partial charge in [-0.2, -0.15) is 0 Å². The average Bonchev–Trinajstić information content (AvgIpc) is 3.44. The minimum Gasteiger partial charge on any atom is -0.460 e. The number of halogens is 2. The van der Waals surface area contributed by atoms with E-state index in [2.05, 4.69) is 19.9 Å². The third-order valence-electron chi connectivity index (χ3n) is 7.80. The number of aromatic nitrogens is 1. The van der Waals surface area contributed by atoms with Crippen LogP contribution in [0.15, 0.2) is 41.0 Å². The summed E-state index contributed by atoms with van der Waals surface area (Å²) in [5, 5.41) is 12.5. The number of nitrogens with zero attached hydrogens (tertiary/aromatic N) is 3. The van der Waals surface area contributed by atoms with Crippen LogP contribution in [0.25, 0.3) is 11.0 Å². The number of anilines is 4. The number of fused-ring (bicyclic) bond motifs is 1. The molecule has 2 aliphatic heterocycles. The van der Waals surface area contributed by atoms with E-state index >= 15 is 0 Å². The monoisotopic (exact) mass is 561 g/mol. The van der Waals surface area contributed by atoms with Gasteiger partial charge in [0.15, 0.2) is 11.4 Å². The molecule has 0 radical (unpaired) electrons. The summed E-state index contributed by atoms with van der Waals surface area (Å²) in [5.41, 5.74) is 1.97. The fourth-order valence-corrected chi connectivity index (χ4v) is 6.21. The smallest absolute Gasteiger partial charge is 0.282 e. The van der Waals surface area contributed by atoms with E-state index in [-0.39, 0.29) is 11.6 Å². The van der Waals surface area contributed by atoms with Crippen LogP contribution in [0.5, 0.6) is 0 Å². The van der Waals surface area contributed by atoms with Crippen LogP contribution in [-0.4, -0.2) is 68.9 Å². The molecule has 3 fully saturated rings. The summed E-state index contributed by atoms with van der Waals surface area (Å²) >= 11 is 0. The van der Waals surface area contributed by atoms with Gasteiger partial charge in [-0.1, -0.05) is 0 Å². The van der Waals surface area contributed by atoms with Crippen molar-refractivity contribution in [3.05, 3.63) is 42.2 Å².